The van der Waals surface area contributed by atoms with Crippen molar-refractivity contribution in [2.24, 2.45) is 0 Å². The molecule has 39 heavy (non-hydrogen) atoms. The topological polar surface area (TPSA) is 60.0 Å². The lowest BCUT2D eigenvalue weighted by Gasteiger charge is -2.34. The quantitative estimate of drug-likeness (QED) is 0.282. The highest BCUT2D eigenvalue weighted by atomic mass is 16.5. The summed E-state index contributed by atoms with van der Waals surface area (Å²) in [5.74, 6) is 1.15. The molecule has 4 aromatic rings. The molecule has 1 fully saturated rings. The van der Waals surface area contributed by atoms with E-state index < -0.39 is 0 Å². The predicted octanol–water partition coefficient (Wildman–Crippen LogP) is 5.86. The van der Waals surface area contributed by atoms with Crippen LogP contribution in [0.5, 0.6) is 11.5 Å². The van der Waals surface area contributed by atoms with Gasteiger partial charge in [-0.3, -0.25) is 4.79 Å². The number of nitrogens with one attached hydrogen (secondary N) is 1. The number of hydrogen-bond acceptors (Lipinski definition) is 5. The first-order chi connectivity index (χ1) is 19.2. The first-order valence-corrected chi connectivity index (χ1v) is 13.6. The predicted molar refractivity (Wildman–Crippen MR) is 155 cm³/mol. The molecule has 0 aliphatic carbocycles. The van der Waals surface area contributed by atoms with Crippen LogP contribution in [0.1, 0.15) is 40.4 Å². The van der Waals surface area contributed by atoms with Gasteiger partial charge in [0.05, 0.1) is 25.9 Å². The molecule has 1 amide bonds. The highest BCUT2D eigenvalue weighted by molar-refractivity contribution is 6.02. The fourth-order valence-corrected chi connectivity index (χ4v) is 5.29. The summed E-state index contributed by atoms with van der Waals surface area (Å²) in [6, 6.07) is 30.4. The molecule has 6 heteroatoms. The SMILES string of the molecule is COc1cc2c(OC)cccc2cc1C(=O)NCCN1CCC(OC(c2ccccc2)c2ccccc2)CC1. The van der Waals surface area contributed by atoms with E-state index in [1.165, 1.54) is 11.1 Å². The second-order valence-electron chi connectivity index (χ2n) is 9.87. The number of ether oxygens (including phenoxy) is 3. The van der Waals surface area contributed by atoms with Crippen molar-refractivity contribution in [2.45, 2.75) is 25.0 Å². The van der Waals surface area contributed by atoms with E-state index in [9.17, 15) is 4.79 Å². The fraction of sp³-hybridized carbons (Fsp3) is 0.303. The summed E-state index contributed by atoms with van der Waals surface area (Å²) in [4.78, 5) is 15.4. The first-order valence-electron chi connectivity index (χ1n) is 13.6. The van der Waals surface area contributed by atoms with E-state index in [0.29, 0.717) is 17.9 Å². The summed E-state index contributed by atoms with van der Waals surface area (Å²) >= 11 is 0. The highest BCUT2D eigenvalue weighted by Gasteiger charge is 2.25. The van der Waals surface area contributed by atoms with Crippen LogP contribution in [0.2, 0.25) is 0 Å². The van der Waals surface area contributed by atoms with Gasteiger partial charge in [-0.15, -0.1) is 0 Å². The number of fused-ring (bicyclic) bond motifs is 1. The van der Waals surface area contributed by atoms with Gasteiger partial charge in [-0.1, -0.05) is 72.8 Å². The average Bonchev–Trinajstić information content (AvgIpc) is 3.00. The third-order valence-electron chi connectivity index (χ3n) is 7.41. The molecule has 5 rings (SSSR count). The lowest BCUT2D eigenvalue weighted by molar-refractivity contribution is -0.0267. The van der Waals surface area contributed by atoms with E-state index in [1.54, 1.807) is 14.2 Å². The zero-order valence-corrected chi connectivity index (χ0v) is 22.6. The second kappa shape index (κ2) is 12.8. The summed E-state index contributed by atoms with van der Waals surface area (Å²) < 4.78 is 17.7. The van der Waals surface area contributed by atoms with Crippen LogP contribution in [0.25, 0.3) is 10.8 Å². The Bertz CT molecular complexity index is 1330. The minimum atomic E-state index is -0.136. The number of hydrogen-bond donors (Lipinski definition) is 1. The molecule has 0 atom stereocenters. The maximum Gasteiger partial charge on any atom is 0.255 e. The van der Waals surface area contributed by atoms with Crippen molar-refractivity contribution in [1.29, 1.82) is 0 Å². The van der Waals surface area contributed by atoms with Crippen molar-refractivity contribution in [3.63, 3.8) is 0 Å². The minimum absolute atomic E-state index is 0.0693. The van der Waals surface area contributed by atoms with Gasteiger partial charge in [0.15, 0.2) is 0 Å². The average molecular weight is 525 g/mol. The van der Waals surface area contributed by atoms with E-state index in [2.05, 4.69) is 58.7 Å². The van der Waals surface area contributed by atoms with E-state index >= 15 is 0 Å². The van der Waals surface area contributed by atoms with Crippen LogP contribution >= 0.6 is 0 Å². The van der Waals surface area contributed by atoms with E-state index in [1.807, 2.05) is 42.5 Å². The smallest absolute Gasteiger partial charge is 0.255 e. The molecule has 6 nitrogen and oxygen atoms in total. The van der Waals surface area contributed by atoms with Crippen LogP contribution in [0.3, 0.4) is 0 Å². The Labute approximate surface area is 230 Å². The summed E-state index contributed by atoms with van der Waals surface area (Å²) in [7, 11) is 3.22. The summed E-state index contributed by atoms with van der Waals surface area (Å²) in [5, 5.41) is 4.93. The molecule has 1 aliphatic rings. The van der Waals surface area contributed by atoms with Gasteiger partial charge in [0.1, 0.15) is 17.6 Å². The molecular weight excluding hydrogens is 488 g/mol. The van der Waals surface area contributed by atoms with Gasteiger partial charge in [0.2, 0.25) is 0 Å². The Hall–Kier alpha value is -3.87. The molecule has 0 spiro atoms. The number of benzene rings is 4. The number of methoxy groups -OCH3 is 2. The molecule has 0 saturated carbocycles. The number of piperidine rings is 1. The number of carbonyl (C=O) groups is 1. The number of carbonyl (C=O) groups excluding carboxylic acids is 1. The maximum absolute atomic E-state index is 13.0. The van der Waals surface area contributed by atoms with Crippen molar-refractivity contribution < 1.29 is 19.0 Å². The molecule has 1 saturated heterocycles. The molecule has 202 valence electrons. The van der Waals surface area contributed by atoms with Crippen molar-refractivity contribution in [1.82, 2.24) is 10.2 Å². The second-order valence-corrected chi connectivity index (χ2v) is 9.87. The van der Waals surface area contributed by atoms with Crippen LogP contribution in [-0.4, -0.2) is 57.3 Å². The maximum atomic E-state index is 13.0. The van der Waals surface area contributed by atoms with E-state index in [0.717, 1.165) is 49.0 Å². The summed E-state index contributed by atoms with van der Waals surface area (Å²) in [5.41, 5.74) is 2.88. The van der Waals surface area contributed by atoms with Gasteiger partial charge < -0.3 is 24.4 Å². The molecule has 0 bridgehead atoms. The van der Waals surface area contributed by atoms with Crippen LogP contribution in [-0.2, 0) is 4.74 Å². The fourth-order valence-electron chi connectivity index (χ4n) is 5.29. The Kier molecular flexibility index (Phi) is 8.76. The Morgan fingerprint density at radius 1 is 0.846 bits per heavy atom. The zero-order valence-electron chi connectivity index (χ0n) is 22.6. The van der Waals surface area contributed by atoms with Crippen molar-refractivity contribution in [3.8, 4) is 11.5 Å². The number of rotatable bonds is 10. The molecule has 1 N–H and O–H groups in total. The highest BCUT2D eigenvalue weighted by Crippen LogP contribution is 2.32. The normalized spacial score (nSPS) is 14.4. The van der Waals surface area contributed by atoms with E-state index in [-0.39, 0.29) is 18.1 Å². The lowest BCUT2D eigenvalue weighted by Crippen LogP contribution is -2.41. The monoisotopic (exact) mass is 524 g/mol. The zero-order chi connectivity index (χ0) is 27.0. The van der Waals surface area contributed by atoms with Gasteiger partial charge >= 0.3 is 0 Å². The number of nitrogens with zero attached hydrogens (tertiary/aromatic N) is 1. The van der Waals surface area contributed by atoms with Crippen LogP contribution in [0.4, 0.5) is 0 Å². The third-order valence-corrected chi connectivity index (χ3v) is 7.41. The van der Waals surface area contributed by atoms with Crippen LogP contribution < -0.4 is 14.8 Å². The summed E-state index contributed by atoms with van der Waals surface area (Å²) in [6.45, 7) is 3.25. The Morgan fingerprint density at radius 3 is 2.10 bits per heavy atom. The summed E-state index contributed by atoms with van der Waals surface area (Å²) in [6.07, 6.45) is 2.05. The molecule has 1 aliphatic heterocycles. The molecular formula is C33H36N2O4. The van der Waals surface area contributed by atoms with Gasteiger partial charge in [-0.05, 0) is 47.6 Å². The van der Waals surface area contributed by atoms with Gasteiger partial charge in [-0.25, -0.2) is 0 Å². The molecule has 0 aromatic heterocycles. The third kappa shape index (κ3) is 6.41. The van der Waals surface area contributed by atoms with Crippen molar-refractivity contribution in [3.05, 3.63) is 108 Å². The Morgan fingerprint density at radius 2 is 1.49 bits per heavy atom. The van der Waals surface area contributed by atoms with Crippen LogP contribution in [0.15, 0.2) is 91.0 Å². The Balaban J connectivity index is 1.14. The lowest BCUT2D eigenvalue weighted by atomic mass is 10.00. The van der Waals surface area contributed by atoms with Gasteiger partial charge in [-0.2, -0.15) is 0 Å². The molecule has 4 aromatic carbocycles. The largest absolute Gasteiger partial charge is 0.496 e. The molecule has 0 unspecified atom stereocenters. The van der Waals surface area contributed by atoms with E-state index in [4.69, 9.17) is 14.2 Å². The van der Waals surface area contributed by atoms with Gasteiger partial charge in [0.25, 0.3) is 5.91 Å². The van der Waals surface area contributed by atoms with Gasteiger partial charge in [0, 0.05) is 31.6 Å². The molecule has 0 radical (unpaired) electrons. The minimum Gasteiger partial charge on any atom is -0.496 e. The standard InChI is InChI=1S/C33H36N2O4/c1-37-30-15-9-14-26-22-29(31(38-2)23-28(26)30)33(36)34-18-21-35-19-16-27(17-20-35)39-32(24-10-5-3-6-11-24)25-12-7-4-8-13-25/h3-15,22-23,27,32H,16-21H2,1-2H3,(H,34,36). The van der Waals surface area contributed by atoms with Crippen molar-refractivity contribution in [2.75, 3.05) is 40.4 Å². The first kappa shape index (κ1) is 26.7. The number of amides is 1. The number of likely N-dealkylation sites (tertiary alicyclic amines) is 1. The van der Waals surface area contributed by atoms with Crippen LogP contribution in [0, 0.1) is 0 Å². The van der Waals surface area contributed by atoms with Crippen molar-refractivity contribution >= 4 is 16.7 Å². The molecule has 1 heterocycles.